The van der Waals surface area contributed by atoms with Crippen molar-refractivity contribution in [1.29, 1.82) is 0 Å². The normalized spacial score (nSPS) is 16.1. The van der Waals surface area contributed by atoms with E-state index in [1.54, 1.807) is 11.3 Å². The van der Waals surface area contributed by atoms with E-state index >= 15 is 0 Å². The molecule has 0 atom stereocenters. The molecule has 0 radical (unpaired) electrons. The van der Waals surface area contributed by atoms with Gasteiger partial charge in [0, 0.05) is 31.1 Å². The highest BCUT2D eigenvalue weighted by Gasteiger charge is 2.22. The van der Waals surface area contributed by atoms with Crippen molar-refractivity contribution in [3.63, 3.8) is 0 Å². The van der Waals surface area contributed by atoms with Crippen molar-refractivity contribution in [2.75, 3.05) is 33.2 Å². The Morgan fingerprint density at radius 2 is 1.83 bits per heavy atom. The largest absolute Gasteiger partial charge is 0.350 e. The minimum Gasteiger partial charge on any atom is -0.350 e. The van der Waals surface area contributed by atoms with E-state index in [1.165, 1.54) is 10.4 Å². The number of aromatic nitrogens is 1. The summed E-state index contributed by atoms with van der Waals surface area (Å²) >= 11 is 1.73. The molecule has 3 aromatic rings. The van der Waals surface area contributed by atoms with E-state index in [0.29, 0.717) is 5.69 Å². The molecule has 2 aromatic heterocycles. The van der Waals surface area contributed by atoms with Crippen molar-refractivity contribution in [1.82, 2.24) is 14.8 Å². The summed E-state index contributed by atoms with van der Waals surface area (Å²) in [5, 5.41) is 0. The molecular weight excluding hydrogens is 306 g/mol. The number of hydrogen-bond acceptors (Lipinski definition) is 3. The van der Waals surface area contributed by atoms with Crippen molar-refractivity contribution in [2.24, 2.45) is 0 Å². The van der Waals surface area contributed by atoms with Gasteiger partial charge in [0.1, 0.15) is 5.69 Å². The number of fused-ring (bicyclic) bond motifs is 1. The van der Waals surface area contributed by atoms with Crippen LogP contribution in [-0.4, -0.2) is 53.9 Å². The minimum absolute atomic E-state index is 0.114. The third kappa shape index (κ3) is 2.78. The van der Waals surface area contributed by atoms with Crippen LogP contribution in [0.3, 0.4) is 0 Å². The van der Waals surface area contributed by atoms with Gasteiger partial charge in [-0.25, -0.2) is 0 Å². The summed E-state index contributed by atoms with van der Waals surface area (Å²) in [6.45, 7) is 3.49. The molecule has 1 fully saturated rings. The third-order valence-corrected chi connectivity index (χ3v) is 5.52. The average Bonchev–Trinajstić information content (AvgIpc) is 3.14. The second-order valence-corrected chi connectivity index (χ2v) is 7.12. The van der Waals surface area contributed by atoms with Crippen LogP contribution in [0.1, 0.15) is 10.5 Å². The first-order valence-corrected chi connectivity index (χ1v) is 8.68. The lowest BCUT2D eigenvalue weighted by molar-refractivity contribution is 0.0659. The van der Waals surface area contributed by atoms with Crippen molar-refractivity contribution >= 4 is 27.5 Å². The first kappa shape index (κ1) is 14.5. The fourth-order valence-corrected chi connectivity index (χ4v) is 4.03. The summed E-state index contributed by atoms with van der Waals surface area (Å²) in [6, 6.07) is 14.5. The Bertz CT molecular complexity index is 797. The summed E-state index contributed by atoms with van der Waals surface area (Å²) in [6.07, 6.45) is 0. The first-order chi connectivity index (χ1) is 11.2. The number of carbonyl (C=O) groups excluding carboxylic acids is 1. The van der Waals surface area contributed by atoms with Gasteiger partial charge >= 0.3 is 0 Å². The van der Waals surface area contributed by atoms with Crippen LogP contribution in [0.5, 0.6) is 0 Å². The molecule has 1 saturated heterocycles. The van der Waals surface area contributed by atoms with Crippen LogP contribution in [0.25, 0.3) is 20.7 Å². The molecule has 1 aromatic carbocycles. The van der Waals surface area contributed by atoms with E-state index in [1.807, 2.05) is 29.2 Å². The Morgan fingerprint density at radius 3 is 2.52 bits per heavy atom. The number of benzene rings is 1. The van der Waals surface area contributed by atoms with Crippen molar-refractivity contribution < 1.29 is 4.79 Å². The van der Waals surface area contributed by atoms with Crippen LogP contribution in [0.4, 0.5) is 0 Å². The maximum atomic E-state index is 12.6. The van der Waals surface area contributed by atoms with Crippen LogP contribution < -0.4 is 0 Å². The summed E-state index contributed by atoms with van der Waals surface area (Å²) in [5.74, 6) is 0.114. The molecule has 23 heavy (non-hydrogen) atoms. The summed E-state index contributed by atoms with van der Waals surface area (Å²) < 4.78 is 1.14. The quantitative estimate of drug-likeness (QED) is 0.785. The lowest BCUT2D eigenvalue weighted by Gasteiger charge is -2.32. The molecular formula is C18H19N3OS. The summed E-state index contributed by atoms with van der Waals surface area (Å²) in [4.78, 5) is 21.3. The SMILES string of the molecule is CN1CCN(C(=O)c2cc3sc(-c4ccccc4)cc3[nH]2)CC1. The third-order valence-electron chi connectivity index (χ3n) is 4.38. The number of carbonyl (C=O) groups is 1. The van der Waals surface area contributed by atoms with Gasteiger partial charge in [0.05, 0.1) is 10.2 Å². The van der Waals surface area contributed by atoms with Crippen molar-refractivity contribution in [3.05, 3.63) is 48.2 Å². The zero-order valence-electron chi connectivity index (χ0n) is 13.1. The van der Waals surface area contributed by atoms with Crippen LogP contribution in [-0.2, 0) is 0 Å². The molecule has 118 valence electrons. The van der Waals surface area contributed by atoms with E-state index in [-0.39, 0.29) is 5.91 Å². The molecule has 0 spiro atoms. The molecule has 5 heteroatoms. The number of piperazine rings is 1. The van der Waals surface area contributed by atoms with Gasteiger partial charge in [0.2, 0.25) is 0 Å². The van der Waals surface area contributed by atoms with Crippen LogP contribution in [0.15, 0.2) is 42.5 Å². The van der Waals surface area contributed by atoms with Gasteiger partial charge < -0.3 is 14.8 Å². The van der Waals surface area contributed by atoms with Gasteiger partial charge in [-0.2, -0.15) is 0 Å². The van der Waals surface area contributed by atoms with E-state index in [0.717, 1.165) is 36.4 Å². The standard InChI is InChI=1S/C18H19N3OS/c1-20-7-9-21(10-8-20)18(22)15-12-17-14(19-15)11-16(23-17)13-5-3-2-4-6-13/h2-6,11-12,19H,7-10H2,1H3. The zero-order chi connectivity index (χ0) is 15.8. The maximum absolute atomic E-state index is 12.6. The number of aromatic amines is 1. The van der Waals surface area contributed by atoms with Gasteiger partial charge in [-0.15, -0.1) is 11.3 Å². The minimum atomic E-state index is 0.114. The first-order valence-electron chi connectivity index (χ1n) is 7.86. The van der Waals surface area contributed by atoms with E-state index < -0.39 is 0 Å². The van der Waals surface area contributed by atoms with Gasteiger partial charge in [0.15, 0.2) is 0 Å². The van der Waals surface area contributed by atoms with Gasteiger partial charge in [-0.05, 0) is 24.7 Å². The zero-order valence-corrected chi connectivity index (χ0v) is 13.9. The number of likely N-dealkylation sites (N-methyl/N-ethyl adjacent to an activating group) is 1. The van der Waals surface area contributed by atoms with Crippen molar-refractivity contribution in [2.45, 2.75) is 0 Å². The summed E-state index contributed by atoms with van der Waals surface area (Å²) in [7, 11) is 2.09. The number of thiophene rings is 1. The monoisotopic (exact) mass is 325 g/mol. The fourth-order valence-electron chi connectivity index (χ4n) is 2.96. The maximum Gasteiger partial charge on any atom is 0.270 e. The molecule has 1 N–H and O–H groups in total. The lowest BCUT2D eigenvalue weighted by Crippen LogP contribution is -2.47. The van der Waals surface area contributed by atoms with E-state index in [9.17, 15) is 4.79 Å². The number of amides is 1. The van der Waals surface area contributed by atoms with Gasteiger partial charge in [0.25, 0.3) is 5.91 Å². The Labute approximate surface area is 139 Å². The Morgan fingerprint density at radius 1 is 1.09 bits per heavy atom. The molecule has 0 bridgehead atoms. The molecule has 4 nitrogen and oxygen atoms in total. The van der Waals surface area contributed by atoms with Crippen LogP contribution >= 0.6 is 11.3 Å². The molecule has 0 aliphatic carbocycles. The second kappa shape index (κ2) is 5.83. The Kier molecular flexibility index (Phi) is 3.67. The highest BCUT2D eigenvalue weighted by Crippen LogP contribution is 2.33. The predicted octanol–water partition coefficient (Wildman–Crippen LogP) is 3.28. The van der Waals surface area contributed by atoms with Crippen molar-refractivity contribution in [3.8, 4) is 10.4 Å². The number of H-pyrrole nitrogens is 1. The van der Waals surface area contributed by atoms with Gasteiger partial charge in [-0.1, -0.05) is 30.3 Å². The molecule has 3 heterocycles. The highest BCUT2D eigenvalue weighted by atomic mass is 32.1. The van der Waals surface area contributed by atoms with E-state index in [4.69, 9.17) is 0 Å². The summed E-state index contributed by atoms with van der Waals surface area (Å²) in [5.41, 5.74) is 2.97. The number of nitrogens with zero attached hydrogens (tertiary/aromatic N) is 2. The van der Waals surface area contributed by atoms with Gasteiger partial charge in [-0.3, -0.25) is 4.79 Å². The predicted molar refractivity (Wildman–Crippen MR) is 95.0 cm³/mol. The lowest BCUT2D eigenvalue weighted by atomic mass is 10.2. The number of hydrogen-bond donors (Lipinski definition) is 1. The highest BCUT2D eigenvalue weighted by molar-refractivity contribution is 7.22. The Hall–Kier alpha value is -2.11. The molecule has 0 saturated carbocycles. The fraction of sp³-hybridized carbons (Fsp3) is 0.278. The molecule has 0 unspecified atom stereocenters. The van der Waals surface area contributed by atoms with E-state index in [2.05, 4.69) is 35.1 Å². The van der Waals surface area contributed by atoms with Crippen LogP contribution in [0, 0.1) is 0 Å². The number of rotatable bonds is 2. The molecule has 1 aliphatic heterocycles. The topological polar surface area (TPSA) is 39.3 Å². The Balaban J connectivity index is 1.58. The smallest absolute Gasteiger partial charge is 0.270 e. The van der Waals surface area contributed by atoms with Crippen LogP contribution in [0.2, 0.25) is 0 Å². The number of nitrogens with one attached hydrogen (secondary N) is 1. The second-order valence-electron chi connectivity index (χ2n) is 6.03. The molecule has 1 amide bonds. The molecule has 4 rings (SSSR count). The average molecular weight is 325 g/mol. The molecule has 1 aliphatic rings.